The molecule has 0 saturated heterocycles. The molecular formula is C11H12F3N. The van der Waals surface area contributed by atoms with E-state index in [9.17, 15) is 13.2 Å². The van der Waals surface area contributed by atoms with Crippen molar-refractivity contribution in [3.05, 3.63) is 47.8 Å². The van der Waals surface area contributed by atoms with E-state index >= 15 is 0 Å². The van der Waals surface area contributed by atoms with E-state index in [2.05, 4.69) is 11.9 Å². The second kappa shape index (κ2) is 4.98. The van der Waals surface area contributed by atoms with Crippen LogP contribution in [0.3, 0.4) is 0 Å². The van der Waals surface area contributed by atoms with Crippen LogP contribution in [-0.4, -0.2) is 6.54 Å². The Kier molecular flexibility index (Phi) is 3.91. The average Bonchev–Trinajstić information content (AvgIpc) is 2.14. The highest BCUT2D eigenvalue weighted by Crippen LogP contribution is 2.22. The Morgan fingerprint density at radius 2 is 1.87 bits per heavy atom. The molecular weight excluding hydrogens is 203 g/mol. The van der Waals surface area contributed by atoms with Crippen molar-refractivity contribution < 1.29 is 13.2 Å². The van der Waals surface area contributed by atoms with Crippen LogP contribution >= 0.6 is 0 Å². The van der Waals surface area contributed by atoms with Gasteiger partial charge in [-0.15, -0.1) is 6.58 Å². The van der Waals surface area contributed by atoms with Gasteiger partial charge < -0.3 is 5.32 Å². The normalized spacial score (nSPS) is 12.5. The fourth-order valence-electron chi connectivity index (χ4n) is 1.37. The molecule has 1 atom stereocenters. The van der Waals surface area contributed by atoms with E-state index in [1.54, 1.807) is 6.92 Å². The molecule has 1 aromatic carbocycles. The molecule has 1 aromatic rings. The Hall–Kier alpha value is -1.29. The molecule has 0 radical (unpaired) electrons. The third-order valence-electron chi connectivity index (χ3n) is 2.01. The Morgan fingerprint density at radius 3 is 2.27 bits per heavy atom. The first-order chi connectivity index (χ1) is 7.10. The van der Waals surface area contributed by atoms with Crippen LogP contribution in [0, 0.1) is 17.5 Å². The molecule has 0 aliphatic heterocycles. The summed E-state index contributed by atoms with van der Waals surface area (Å²) in [4.78, 5) is 0. The molecule has 1 N–H and O–H groups in total. The number of likely N-dealkylation sites (N-methyl/N-ethyl adjacent to an activating group) is 1. The molecule has 0 aliphatic rings. The fraction of sp³-hybridized carbons (Fsp3) is 0.273. The van der Waals surface area contributed by atoms with Gasteiger partial charge in [-0.25, -0.2) is 13.2 Å². The monoisotopic (exact) mass is 215 g/mol. The van der Waals surface area contributed by atoms with Crippen molar-refractivity contribution >= 4 is 0 Å². The summed E-state index contributed by atoms with van der Waals surface area (Å²) in [6.45, 7) is 5.81. The van der Waals surface area contributed by atoms with Crippen molar-refractivity contribution in [2.45, 2.75) is 13.0 Å². The van der Waals surface area contributed by atoms with Gasteiger partial charge in [-0.05, 0) is 6.54 Å². The van der Waals surface area contributed by atoms with Crippen LogP contribution < -0.4 is 5.32 Å². The molecule has 15 heavy (non-hydrogen) atoms. The fourth-order valence-corrected chi connectivity index (χ4v) is 1.37. The van der Waals surface area contributed by atoms with Gasteiger partial charge in [0.2, 0.25) is 0 Å². The molecule has 0 saturated carbocycles. The Labute approximate surface area is 86.6 Å². The summed E-state index contributed by atoms with van der Waals surface area (Å²) in [5, 5.41) is 2.83. The van der Waals surface area contributed by atoms with Crippen molar-refractivity contribution in [2.75, 3.05) is 6.54 Å². The summed E-state index contributed by atoms with van der Waals surface area (Å²) >= 11 is 0. The third-order valence-corrected chi connectivity index (χ3v) is 2.01. The number of hydrogen-bond donors (Lipinski definition) is 1. The van der Waals surface area contributed by atoms with E-state index in [0.717, 1.165) is 0 Å². The first-order valence-electron chi connectivity index (χ1n) is 4.60. The van der Waals surface area contributed by atoms with E-state index < -0.39 is 23.5 Å². The summed E-state index contributed by atoms with van der Waals surface area (Å²) in [5.74, 6) is -2.73. The van der Waals surface area contributed by atoms with Crippen LogP contribution in [0.2, 0.25) is 0 Å². The van der Waals surface area contributed by atoms with Gasteiger partial charge in [0.05, 0.1) is 6.04 Å². The zero-order valence-corrected chi connectivity index (χ0v) is 8.36. The summed E-state index contributed by atoms with van der Waals surface area (Å²) < 4.78 is 39.2. The van der Waals surface area contributed by atoms with Gasteiger partial charge in [0, 0.05) is 17.7 Å². The van der Waals surface area contributed by atoms with Crippen LogP contribution in [0.5, 0.6) is 0 Å². The van der Waals surface area contributed by atoms with E-state index in [1.807, 2.05) is 0 Å². The number of halogens is 3. The zero-order chi connectivity index (χ0) is 11.4. The van der Waals surface area contributed by atoms with Crippen molar-refractivity contribution in [1.82, 2.24) is 5.32 Å². The highest BCUT2D eigenvalue weighted by molar-refractivity contribution is 5.27. The molecule has 0 fully saturated rings. The first kappa shape index (κ1) is 11.8. The van der Waals surface area contributed by atoms with Gasteiger partial charge in [-0.1, -0.05) is 13.0 Å². The standard InChI is InChI=1S/C11H12F3N/c1-3-10(15-4-2)11-8(13)5-7(12)6-9(11)14/h3,5-6,10,15H,1,4H2,2H3. The van der Waals surface area contributed by atoms with Crippen molar-refractivity contribution in [3.8, 4) is 0 Å². The van der Waals surface area contributed by atoms with Gasteiger partial charge >= 0.3 is 0 Å². The topological polar surface area (TPSA) is 12.0 Å². The summed E-state index contributed by atoms with van der Waals surface area (Å²) in [7, 11) is 0. The molecule has 0 aliphatic carbocycles. The highest BCUT2D eigenvalue weighted by atomic mass is 19.1. The number of benzene rings is 1. The minimum Gasteiger partial charge on any atom is -0.307 e. The Morgan fingerprint density at radius 1 is 1.33 bits per heavy atom. The predicted octanol–water partition coefficient (Wildman–Crippen LogP) is 2.94. The maximum absolute atomic E-state index is 13.3. The van der Waals surface area contributed by atoms with Crippen molar-refractivity contribution in [1.29, 1.82) is 0 Å². The summed E-state index contributed by atoms with van der Waals surface area (Å²) in [6.07, 6.45) is 1.38. The van der Waals surface area contributed by atoms with Gasteiger partial charge in [0.25, 0.3) is 0 Å². The minimum absolute atomic E-state index is 0.201. The highest BCUT2D eigenvalue weighted by Gasteiger charge is 2.17. The minimum atomic E-state index is -0.923. The maximum Gasteiger partial charge on any atom is 0.134 e. The summed E-state index contributed by atoms with van der Waals surface area (Å²) in [6, 6.07) is 0.675. The largest absolute Gasteiger partial charge is 0.307 e. The Bertz CT molecular complexity index is 340. The second-order valence-corrected chi connectivity index (χ2v) is 3.05. The van der Waals surface area contributed by atoms with E-state index in [1.165, 1.54) is 6.08 Å². The van der Waals surface area contributed by atoms with E-state index in [4.69, 9.17) is 0 Å². The summed E-state index contributed by atoms with van der Waals surface area (Å²) in [5.41, 5.74) is -0.201. The molecule has 0 bridgehead atoms. The van der Waals surface area contributed by atoms with Crippen LogP contribution in [0.15, 0.2) is 24.8 Å². The number of hydrogen-bond acceptors (Lipinski definition) is 1. The molecule has 1 unspecified atom stereocenters. The van der Waals surface area contributed by atoms with Crippen LogP contribution in [0.25, 0.3) is 0 Å². The van der Waals surface area contributed by atoms with Crippen LogP contribution in [0.1, 0.15) is 18.5 Å². The number of nitrogens with one attached hydrogen (secondary N) is 1. The predicted molar refractivity (Wildman–Crippen MR) is 52.9 cm³/mol. The quantitative estimate of drug-likeness (QED) is 0.761. The third kappa shape index (κ3) is 2.59. The molecule has 0 aromatic heterocycles. The molecule has 0 amide bonds. The first-order valence-corrected chi connectivity index (χ1v) is 4.60. The second-order valence-electron chi connectivity index (χ2n) is 3.05. The molecule has 82 valence electrons. The van der Waals surface area contributed by atoms with Crippen molar-refractivity contribution in [2.24, 2.45) is 0 Å². The lowest BCUT2D eigenvalue weighted by Gasteiger charge is -2.15. The average molecular weight is 215 g/mol. The molecule has 1 rings (SSSR count). The van der Waals surface area contributed by atoms with Crippen molar-refractivity contribution in [3.63, 3.8) is 0 Å². The lowest BCUT2D eigenvalue weighted by atomic mass is 10.1. The lowest BCUT2D eigenvalue weighted by Crippen LogP contribution is -2.21. The molecule has 1 nitrogen and oxygen atoms in total. The molecule has 4 heteroatoms. The smallest absolute Gasteiger partial charge is 0.134 e. The zero-order valence-electron chi connectivity index (χ0n) is 8.36. The van der Waals surface area contributed by atoms with Gasteiger partial charge in [0.15, 0.2) is 0 Å². The Balaban J connectivity index is 3.16. The SMILES string of the molecule is C=CC(NCC)c1c(F)cc(F)cc1F. The van der Waals surface area contributed by atoms with Gasteiger partial charge in [-0.3, -0.25) is 0 Å². The van der Waals surface area contributed by atoms with Gasteiger partial charge in [0.1, 0.15) is 17.5 Å². The molecule has 0 spiro atoms. The lowest BCUT2D eigenvalue weighted by molar-refractivity contribution is 0.496. The van der Waals surface area contributed by atoms with Crippen LogP contribution in [0.4, 0.5) is 13.2 Å². The van der Waals surface area contributed by atoms with E-state index in [0.29, 0.717) is 18.7 Å². The van der Waals surface area contributed by atoms with Gasteiger partial charge in [-0.2, -0.15) is 0 Å². The maximum atomic E-state index is 13.3. The van der Waals surface area contributed by atoms with Crippen LogP contribution in [-0.2, 0) is 0 Å². The number of rotatable bonds is 4. The van der Waals surface area contributed by atoms with E-state index in [-0.39, 0.29) is 5.56 Å². The molecule has 0 heterocycles.